The summed E-state index contributed by atoms with van der Waals surface area (Å²) in [6.45, 7) is 0.123. The van der Waals surface area contributed by atoms with E-state index in [2.05, 4.69) is 9.87 Å². The average Bonchev–Trinajstić information content (AvgIpc) is 2.16. The Balaban J connectivity index is 2.37. The van der Waals surface area contributed by atoms with Gasteiger partial charge in [-0.3, -0.25) is 4.79 Å². The number of carbonyl (C=O) groups excluding carboxylic acids is 1. The molecule has 0 radical (unpaired) electrons. The van der Waals surface area contributed by atoms with Crippen molar-refractivity contribution in [2.45, 2.75) is 6.42 Å². The first-order chi connectivity index (χ1) is 6.33. The SMILES string of the molecule is O=C(CNOCl)Cc1ccccc1. The van der Waals surface area contributed by atoms with Gasteiger partial charge in [-0.15, -0.1) is 0 Å². The maximum atomic E-state index is 11.2. The maximum Gasteiger partial charge on any atom is 0.153 e. The average molecular weight is 200 g/mol. The van der Waals surface area contributed by atoms with Crippen LogP contribution < -0.4 is 5.48 Å². The van der Waals surface area contributed by atoms with Crippen LogP contribution in [-0.4, -0.2) is 12.3 Å². The Kier molecular flexibility index (Phi) is 4.46. The monoisotopic (exact) mass is 199 g/mol. The number of ketones is 1. The molecule has 0 aromatic heterocycles. The fraction of sp³-hybridized carbons (Fsp3) is 0.222. The van der Waals surface area contributed by atoms with Crippen molar-refractivity contribution < 1.29 is 9.18 Å². The molecule has 0 aliphatic rings. The molecule has 0 unspecified atom stereocenters. The Bertz CT molecular complexity index is 264. The molecule has 1 rings (SSSR count). The molecule has 0 aliphatic carbocycles. The van der Waals surface area contributed by atoms with E-state index in [1.54, 1.807) is 0 Å². The molecule has 1 N–H and O–H groups in total. The smallest absolute Gasteiger partial charge is 0.153 e. The predicted octanol–water partition coefficient (Wildman–Crippen LogP) is 1.47. The summed E-state index contributed by atoms with van der Waals surface area (Å²) >= 11 is 4.89. The van der Waals surface area contributed by atoms with Crippen LogP contribution in [0.3, 0.4) is 0 Å². The molecule has 0 fully saturated rings. The Morgan fingerprint density at radius 1 is 1.38 bits per heavy atom. The topological polar surface area (TPSA) is 38.3 Å². The molecule has 3 nitrogen and oxygen atoms in total. The van der Waals surface area contributed by atoms with Gasteiger partial charge in [-0.05, 0) is 5.56 Å². The molecular formula is C9H10ClNO2. The lowest BCUT2D eigenvalue weighted by Crippen LogP contribution is -2.21. The van der Waals surface area contributed by atoms with Crippen LogP contribution in [0.5, 0.6) is 0 Å². The number of halogens is 1. The van der Waals surface area contributed by atoms with Crippen molar-refractivity contribution in [2.24, 2.45) is 0 Å². The van der Waals surface area contributed by atoms with Crippen LogP contribution in [0.1, 0.15) is 5.56 Å². The lowest BCUT2D eigenvalue weighted by molar-refractivity contribution is -0.118. The van der Waals surface area contributed by atoms with Crippen LogP contribution in [0.2, 0.25) is 0 Å². The van der Waals surface area contributed by atoms with Gasteiger partial charge in [0.25, 0.3) is 0 Å². The first-order valence-corrected chi connectivity index (χ1v) is 4.20. The third kappa shape index (κ3) is 4.03. The van der Waals surface area contributed by atoms with E-state index in [4.69, 9.17) is 11.9 Å². The third-order valence-electron chi connectivity index (χ3n) is 1.57. The number of benzene rings is 1. The highest BCUT2D eigenvalue weighted by Gasteiger charge is 2.01. The normalized spacial score (nSPS) is 9.92. The lowest BCUT2D eigenvalue weighted by Gasteiger charge is -1.99. The van der Waals surface area contributed by atoms with Crippen LogP contribution >= 0.6 is 11.9 Å². The Labute approximate surface area is 81.8 Å². The standard InChI is InChI=1S/C9H10ClNO2/c10-13-11-7-9(12)6-8-4-2-1-3-5-8/h1-5,11H,6-7H2. The van der Waals surface area contributed by atoms with Crippen molar-refractivity contribution in [1.29, 1.82) is 0 Å². The molecule has 0 amide bonds. The van der Waals surface area contributed by atoms with E-state index in [9.17, 15) is 4.79 Å². The first kappa shape index (κ1) is 10.2. The van der Waals surface area contributed by atoms with Gasteiger partial charge in [0.2, 0.25) is 0 Å². The van der Waals surface area contributed by atoms with Gasteiger partial charge in [0.1, 0.15) is 0 Å². The molecule has 0 atom stereocenters. The van der Waals surface area contributed by atoms with Crippen LogP contribution in [0.4, 0.5) is 0 Å². The van der Waals surface area contributed by atoms with Gasteiger partial charge >= 0.3 is 0 Å². The number of nitrogens with one attached hydrogen (secondary N) is 1. The number of hydroxylamine groups is 1. The van der Waals surface area contributed by atoms with Crippen molar-refractivity contribution in [3.63, 3.8) is 0 Å². The quantitative estimate of drug-likeness (QED) is 0.730. The fourth-order valence-electron chi connectivity index (χ4n) is 0.994. The third-order valence-corrected chi connectivity index (χ3v) is 1.68. The lowest BCUT2D eigenvalue weighted by atomic mass is 10.1. The number of rotatable bonds is 5. The molecule has 0 aliphatic heterocycles. The van der Waals surface area contributed by atoms with Gasteiger partial charge < -0.3 is 0 Å². The van der Waals surface area contributed by atoms with E-state index in [1.165, 1.54) is 0 Å². The predicted molar refractivity (Wildman–Crippen MR) is 50.1 cm³/mol. The summed E-state index contributed by atoms with van der Waals surface area (Å²) in [6.07, 6.45) is 0.397. The molecule has 1 aromatic rings. The van der Waals surface area contributed by atoms with Gasteiger partial charge in [0.15, 0.2) is 5.78 Å². The summed E-state index contributed by atoms with van der Waals surface area (Å²) in [5, 5.41) is 0. The van der Waals surface area contributed by atoms with E-state index in [0.717, 1.165) is 5.56 Å². The van der Waals surface area contributed by atoms with Gasteiger partial charge in [-0.25, -0.2) is 0 Å². The van der Waals surface area contributed by atoms with Crippen molar-refractivity contribution >= 4 is 17.6 Å². The molecule has 0 heterocycles. The minimum atomic E-state index is 0.0341. The Hall–Kier alpha value is -0.900. The number of carbonyl (C=O) groups is 1. The Morgan fingerprint density at radius 3 is 2.69 bits per heavy atom. The van der Waals surface area contributed by atoms with Crippen molar-refractivity contribution in [3.05, 3.63) is 35.9 Å². The summed E-state index contributed by atoms with van der Waals surface area (Å²) in [7, 11) is 0. The van der Waals surface area contributed by atoms with Crippen LogP contribution in [-0.2, 0) is 15.6 Å². The molecule has 0 saturated carbocycles. The maximum absolute atomic E-state index is 11.2. The fourth-order valence-corrected chi connectivity index (χ4v) is 1.05. The molecule has 0 bridgehead atoms. The highest BCUT2D eigenvalue weighted by molar-refractivity contribution is 6.07. The molecule has 70 valence electrons. The van der Waals surface area contributed by atoms with E-state index in [0.29, 0.717) is 6.42 Å². The highest BCUT2D eigenvalue weighted by Crippen LogP contribution is 1.99. The zero-order valence-electron chi connectivity index (χ0n) is 7.00. The van der Waals surface area contributed by atoms with Crippen LogP contribution in [0.15, 0.2) is 30.3 Å². The summed E-state index contributed by atoms with van der Waals surface area (Å²) in [5.74, 6) is 0.0341. The first-order valence-electron chi connectivity index (χ1n) is 3.89. The van der Waals surface area contributed by atoms with E-state index >= 15 is 0 Å². The van der Waals surface area contributed by atoms with Crippen molar-refractivity contribution in [3.8, 4) is 0 Å². The van der Waals surface area contributed by atoms with E-state index in [1.807, 2.05) is 30.3 Å². The summed E-state index contributed by atoms with van der Waals surface area (Å²) in [5.41, 5.74) is 3.27. The summed E-state index contributed by atoms with van der Waals surface area (Å²) in [6, 6.07) is 9.51. The number of Topliss-reactive ketones (excluding diaryl/α,β-unsaturated/α-hetero) is 1. The van der Waals surface area contributed by atoms with Crippen molar-refractivity contribution in [2.75, 3.05) is 6.54 Å². The molecule has 0 spiro atoms. The molecule has 1 aromatic carbocycles. The second-order valence-electron chi connectivity index (χ2n) is 2.60. The summed E-state index contributed by atoms with van der Waals surface area (Å²) in [4.78, 5) is 11.2. The molecule has 4 heteroatoms. The zero-order chi connectivity index (χ0) is 9.52. The second-order valence-corrected chi connectivity index (χ2v) is 2.75. The van der Waals surface area contributed by atoms with E-state index < -0.39 is 0 Å². The minimum Gasteiger partial charge on any atom is -0.298 e. The van der Waals surface area contributed by atoms with E-state index in [-0.39, 0.29) is 12.3 Å². The Morgan fingerprint density at radius 2 is 2.08 bits per heavy atom. The number of hydrogen-bond acceptors (Lipinski definition) is 3. The highest BCUT2D eigenvalue weighted by atomic mass is 35.5. The van der Waals surface area contributed by atoms with Gasteiger partial charge in [0, 0.05) is 6.42 Å². The van der Waals surface area contributed by atoms with Crippen LogP contribution in [0.25, 0.3) is 0 Å². The van der Waals surface area contributed by atoms with Gasteiger partial charge in [0.05, 0.1) is 18.4 Å². The van der Waals surface area contributed by atoms with Gasteiger partial charge in [-0.1, -0.05) is 30.3 Å². The summed E-state index contributed by atoms with van der Waals surface area (Å²) < 4.78 is 4.05. The second kappa shape index (κ2) is 5.70. The minimum absolute atomic E-state index is 0.0341. The molecule has 0 saturated heterocycles. The van der Waals surface area contributed by atoms with Gasteiger partial charge in [-0.2, -0.15) is 9.87 Å². The van der Waals surface area contributed by atoms with Crippen LogP contribution in [0, 0.1) is 0 Å². The molecule has 13 heavy (non-hydrogen) atoms. The number of hydrogen-bond donors (Lipinski definition) is 1. The largest absolute Gasteiger partial charge is 0.298 e. The van der Waals surface area contributed by atoms with Crippen molar-refractivity contribution in [1.82, 2.24) is 5.48 Å². The zero-order valence-corrected chi connectivity index (χ0v) is 7.75. The molecular weight excluding hydrogens is 190 g/mol.